The average Bonchev–Trinajstić information content (AvgIpc) is 2.93. The van der Waals surface area contributed by atoms with Gasteiger partial charge in [0.25, 0.3) is 0 Å². The van der Waals surface area contributed by atoms with E-state index in [4.69, 9.17) is 0 Å². The molecular formula is C24H42O2. The third-order valence-corrected chi connectivity index (χ3v) is 9.13. The third-order valence-electron chi connectivity index (χ3n) is 9.13. The first-order chi connectivity index (χ1) is 12.3. The smallest absolute Gasteiger partial charge is 0.133 e. The minimum Gasteiger partial charge on any atom is -0.393 e. The van der Waals surface area contributed by atoms with Gasteiger partial charge in [-0.15, -0.1) is 0 Å². The molecule has 8 atom stereocenters. The zero-order chi connectivity index (χ0) is 19.1. The highest BCUT2D eigenvalue weighted by Gasteiger charge is 2.60. The Bertz CT molecular complexity index is 514. The summed E-state index contributed by atoms with van der Waals surface area (Å²) in [6.45, 7) is 11.1. The molecule has 1 N–H and O–H groups in total. The number of fused-ring (bicyclic) bond motifs is 5. The normalized spacial score (nSPS) is 49.9. The van der Waals surface area contributed by atoms with Gasteiger partial charge in [0.2, 0.25) is 0 Å². The van der Waals surface area contributed by atoms with Gasteiger partial charge in [0, 0.05) is 5.92 Å². The van der Waals surface area contributed by atoms with Gasteiger partial charge in [0.1, 0.15) is 5.78 Å². The Hall–Kier alpha value is -0.370. The van der Waals surface area contributed by atoms with Crippen LogP contribution in [-0.2, 0) is 4.79 Å². The van der Waals surface area contributed by atoms with Crippen LogP contribution in [0.15, 0.2) is 0 Å². The van der Waals surface area contributed by atoms with E-state index in [1.54, 1.807) is 0 Å². The molecule has 4 aliphatic carbocycles. The monoisotopic (exact) mass is 362 g/mol. The van der Waals surface area contributed by atoms with E-state index in [1.807, 2.05) is 6.92 Å². The predicted molar refractivity (Wildman–Crippen MR) is 108 cm³/mol. The Balaban J connectivity index is 0.000000613. The number of aliphatic hydroxyl groups excluding tert-OH is 1. The minimum atomic E-state index is -0.0490. The van der Waals surface area contributed by atoms with Gasteiger partial charge in [-0.3, -0.25) is 4.79 Å². The molecule has 0 aromatic heterocycles. The molecule has 4 fully saturated rings. The number of ketones is 1. The Labute approximate surface area is 161 Å². The molecule has 0 spiro atoms. The maximum Gasteiger partial charge on any atom is 0.133 e. The molecule has 8 unspecified atom stereocenters. The molecule has 2 heteroatoms. The first-order valence-electron chi connectivity index (χ1n) is 11.5. The summed E-state index contributed by atoms with van der Waals surface area (Å²) in [7, 11) is 0. The van der Waals surface area contributed by atoms with Gasteiger partial charge >= 0.3 is 0 Å². The van der Waals surface area contributed by atoms with Crippen LogP contribution in [-0.4, -0.2) is 17.0 Å². The number of hydrogen-bond acceptors (Lipinski definition) is 2. The fraction of sp³-hybridized carbons (Fsp3) is 0.958. The quantitative estimate of drug-likeness (QED) is 0.620. The molecule has 0 amide bonds. The average molecular weight is 363 g/mol. The van der Waals surface area contributed by atoms with Gasteiger partial charge in [-0.05, 0) is 99.2 Å². The van der Waals surface area contributed by atoms with E-state index in [2.05, 4.69) is 27.7 Å². The van der Waals surface area contributed by atoms with Crippen LogP contribution in [0.1, 0.15) is 98.8 Å². The molecule has 0 heterocycles. The zero-order valence-electron chi connectivity index (χ0n) is 17.9. The maximum atomic E-state index is 12.2. The highest BCUT2D eigenvalue weighted by atomic mass is 16.3. The van der Waals surface area contributed by atoms with Gasteiger partial charge in [0.05, 0.1) is 6.10 Å². The molecule has 0 radical (unpaired) electrons. The summed E-state index contributed by atoms with van der Waals surface area (Å²) in [5.41, 5.74) is 0.738. The van der Waals surface area contributed by atoms with Crippen LogP contribution in [0.3, 0.4) is 0 Å². The van der Waals surface area contributed by atoms with Crippen LogP contribution in [0.2, 0.25) is 0 Å². The van der Waals surface area contributed by atoms with E-state index in [0.29, 0.717) is 17.1 Å². The predicted octanol–water partition coefficient (Wildman–Crippen LogP) is 6.01. The van der Waals surface area contributed by atoms with Gasteiger partial charge in [0.15, 0.2) is 0 Å². The Kier molecular flexibility index (Phi) is 5.93. The molecule has 2 nitrogen and oxygen atoms in total. The van der Waals surface area contributed by atoms with Crippen LogP contribution in [0.4, 0.5) is 0 Å². The standard InChI is InChI=1S/C21H34O2.C3H8/c1-13(22)17-6-7-18-16-5-4-14-12-15(23)8-10-20(14,2)19(16)9-11-21(17,18)3;1-3-2/h14-19,23H,4-12H2,1-3H3;3H2,1-2H3. The maximum absolute atomic E-state index is 12.2. The molecule has 0 bridgehead atoms. The number of Topliss-reactive ketones (excluding diaryl/α,β-unsaturated/α-hetero) is 1. The number of rotatable bonds is 1. The molecule has 4 aliphatic rings. The second-order valence-electron chi connectivity index (χ2n) is 10.6. The van der Waals surface area contributed by atoms with Crippen molar-refractivity contribution in [1.29, 1.82) is 0 Å². The Morgan fingerprint density at radius 1 is 0.923 bits per heavy atom. The van der Waals surface area contributed by atoms with Crippen LogP contribution < -0.4 is 0 Å². The number of hydrogen-bond donors (Lipinski definition) is 1. The van der Waals surface area contributed by atoms with Gasteiger partial charge in [-0.25, -0.2) is 0 Å². The molecule has 0 aromatic carbocycles. The van der Waals surface area contributed by atoms with Crippen molar-refractivity contribution in [2.45, 2.75) is 105 Å². The van der Waals surface area contributed by atoms with Gasteiger partial charge in [-0.1, -0.05) is 34.1 Å². The number of carbonyl (C=O) groups is 1. The second kappa shape index (κ2) is 7.57. The molecule has 4 rings (SSSR count). The van der Waals surface area contributed by atoms with E-state index < -0.39 is 0 Å². The van der Waals surface area contributed by atoms with Crippen molar-refractivity contribution in [1.82, 2.24) is 0 Å². The molecule has 0 aromatic rings. The van der Waals surface area contributed by atoms with Gasteiger partial charge in [-0.2, -0.15) is 0 Å². The van der Waals surface area contributed by atoms with E-state index in [9.17, 15) is 9.90 Å². The largest absolute Gasteiger partial charge is 0.393 e. The summed E-state index contributed by atoms with van der Waals surface area (Å²) in [5.74, 6) is 3.97. The van der Waals surface area contributed by atoms with Crippen LogP contribution in [0.25, 0.3) is 0 Å². The number of carbonyl (C=O) groups excluding carboxylic acids is 1. The zero-order valence-corrected chi connectivity index (χ0v) is 17.9. The SMILES string of the molecule is CC(=O)C1CCC2C3CCC4CC(O)CCC4(C)C3CCC12C.CCC. The van der Waals surface area contributed by atoms with E-state index in [1.165, 1.54) is 44.9 Å². The Morgan fingerprint density at radius 3 is 2.19 bits per heavy atom. The summed E-state index contributed by atoms with van der Waals surface area (Å²) in [4.78, 5) is 12.2. The fourth-order valence-corrected chi connectivity index (χ4v) is 7.90. The molecule has 150 valence electrons. The third kappa shape index (κ3) is 3.19. The molecule has 26 heavy (non-hydrogen) atoms. The highest BCUT2D eigenvalue weighted by molar-refractivity contribution is 5.79. The summed E-state index contributed by atoms with van der Waals surface area (Å²) in [5, 5.41) is 10.1. The second-order valence-corrected chi connectivity index (χ2v) is 10.6. The van der Waals surface area contributed by atoms with E-state index in [-0.39, 0.29) is 11.5 Å². The van der Waals surface area contributed by atoms with Crippen molar-refractivity contribution in [3.8, 4) is 0 Å². The first-order valence-corrected chi connectivity index (χ1v) is 11.5. The van der Waals surface area contributed by atoms with Crippen LogP contribution >= 0.6 is 0 Å². The molecule has 0 saturated heterocycles. The summed E-state index contributed by atoms with van der Waals surface area (Å²) in [6.07, 6.45) is 12.1. The van der Waals surface area contributed by atoms with Crippen LogP contribution in [0.5, 0.6) is 0 Å². The first kappa shape index (κ1) is 20.4. The summed E-state index contributed by atoms with van der Waals surface area (Å²) in [6, 6.07) is 0. The lowest BCUT2D eigenvalue weighted by molar-refractivity contribution is -0.138. The van der Waals surface area contributed by atoms with Crippen molar-refractivity contribution in [3.63, 3.8) is 0 Å². The van der Waals surface area contributed by atoms with Crippen molar-refractivity contribution < 1.29 is 9.90 Å². The number of aliphatic hydroxyl groups is 1. The molecule has 0 aliphatic heterocycles. The minimum absolute atomic E-state index is 0.0490. The topological polar surface area (TPSA) is 37.3 Å². The lowest BCUT2D eigenvalue weighted by Gasteiger charge is -2.60. The lowest BCUT2D eigenvalue weighted by atomic mass is 9.44. The van der Waals surface area contributed by atoms with E-state index >= 15 is 0 Å². The lowest BCUT2D eigenvalue weighted by Crippen LogP contribution is -2.54. The van der Waals surface area contributed by atoms with Crippen molar-refractivity contribution in [3.05, 3.63) is 0 Å². The van der Waals surface area contributed by atoms with Crippen molar-refractivity contribution in [2.75, 3.05) is 0 Å². The summed E-state index contributed by atoms with van der Waals surface area (Å²) >= 11 is 0. The van der Waals surface area contributed by atoms with E-state index in [0.717, 1.165) is 42.9 Å². The molecule has 4 saturated carbocycles. The fourth-order valence-electron chi connectivity index (χ4n) is 7.90. The van der Waals surface area contributed by atoms with Crippen molar-refractivity contribution in [2.24, 2.45) is 40.4 Å². The van der Waals surface area contributed by atoms with Crippen molar-refractivity contribution >= 4 is 5.78 Å². The highest BCUT2D eigenvalue weighted by Crippen LogP contribution is 2.67. The molecular weight excluding hydrogens is 320 g/mol. The summed E-state index contributed by atoms with van der Waals surface area (Å²) < 4.78 is 0. The Morgan fingerprint density at radius 2 is 1.54 bits per heavy atom. The van der Waals surface area contributed by atoms with Gasteiger partial charge < -0.3 is 5.11 Å². The van der Waals surface area contributed by atoms with Crippen LogP contribution in [0, 0.1) is 40.4 Å².